The van der Waals surface area contributed by atoms with Gasteiger partial charge in [-0.15, -0.1) is 12.4 Å². The van der Waals surface area contributed by atoms with E-state index < -0.39 is 0 Å². The maximum absolute atomic E-state index is 10.9. The molecule has 0 unspecified atom stereocenters. The Kier molecular flexibility index (Phi) is 6.31. The van der Waals surface area contributed by atoms with Crippen molar-refractivity contribution >= 4 is 42.1 Å². The lowest BCUT2D eigenvalue weighted by molar-refractivity contribution is 0.112. The van der Waals surface area contributed by atoms with Gasteiger partial charge in [0.2, 0.25) is 0 Å². The summed E-state index contributed by atoms with van der Waals surface area (Å²) in [4.78, 5) is 16.1. The zero-order valence-corrected chi connectivity index (χ0v) is 12.3. The van der Waals surface area contributed by atoms with Crippen LogP contribution < -0.4 is 5.73 Å². The minimum Gasteiger partial charge on any atom is -0.326 e. The zero-order chi connectivity index (χ0) is 13.0. The summed E-state index contributed by atoms with van der Waals surface area (Å²) in [5.41, 5.74) is 7.19. The highest BCUT2D eigenvalue weighted by atomic mass is 35.5. The normalized spacial score (nSPS) is 9.79. The molecule has 0 fully saturated rings. The molecular weight excluding hydrogens is 303 g/mol. The highest BCUT2D eigenvalue weighted by molar-refractivity contribution is 7.99. The number of aldehydes is 1. The zero-order valence-electron chi connectivity index (χ0n) is 9.88. The third-order valence-electron chi connectivity index (χ3n) is 2.38. The molecule has 2 rings (SSSR count). The molecule has 2 aromatic rings. The van der Waals surface area contributed by atoms with Crippen LogP contribution in [0.1, 0.15) is 15.9 Å². The molecule has 0 spiro atoms. The van der Waals surface area contributed by atoms with E-state index in [1.165, 1.54) is 11.8 Å². The van der Waals surface area contributed by atoms with Crippen molar-refractivity contribution in [3.05, 3.63) is 52.7 Å². The number of nitrogens with zero attached hydrogens (tertiary/aromatic N) is 1. The van der Waals surface area contributed by atoms with Gasteiger partial charge in [-0.2, -0.15) is 0 Å². The Morgan fingerprint density at radius 1 is 1.37 bits per heavy atom. The van der Waals surface area contributed by atoms with Gasteiger partial charge in [0.15, 0.2) is 6.29 Å². The number of hydrogen-bond acceptors (Lipinski definition) is 4. The number of benzene rings is 1. The molecule has 0 amide bonds. The first kappa shape index (κ1) is 16.0. The monoisotopic (exact) mass is 314 g/mol. The molecule has 0 atom stereocenters. The summed E-state index contributed by atoms with van der Waals surface area (Å²) < 4.78 is 0. The third kappa shape index (κ3) is 3.94. The maximum Gasteiger partial charge on any atom is 0.152 e. The standard InChI is InChI=1S/C13H11ClN2OS.ClH/c14-11-3-4-12(10(6-11)7-15)18-13-9(8-17)2-1-5-16-13;/h1-6,8H,7,15H2;1H. The van der Waals surface area contributed by atoms with E-state index in [0.29, 0.717) is 22.2 Å². The first-order valence-corrected chi connectivity index (χ1v) is 6.50. The van der Waals surface area contributed by atoms with Crippen molar-refractivity contribution in [2.24, 2.45) is 5.73 Å². The van der Waals surface area contributed by atoms with Gasteiger partial charge < -0.3 is 5.73 Å². The summed E-state index contributed by atoms with van der Waals surface area (Å²) in [6, 6.07) is 8.98. The first-order valence-electron chi connectivity index (χ1n) is 5.31. The Labute approximate surface area is 127 Å². The minimum atomic E-state index is 0. The van der Waals surface area contributed by atoms with E-state index in [2.05, 4.69) is 4.98 Å². The average Bonchev–Trinajstić information content (AvgIpc) is 2.41. The van der Waals surface area contributed by atoms with Gasteiger partial charge in [0.25, 0.3) is 0 Å². The second-order valence-corrected chi connectivity index (χ2v) is 5.04. The van der Waals surface area contributed by atoms with E-state index in [1.54, 1.807) is 24.4 Å². The number of halogens is 2. The van der Waals surface area contributed by atoms with Gasteiger partial charge in [-0.05, 0) is 35.9 Å². The van der Waals surface area contributed by atoms with Crippen LogP contribution in [0.2, 0.25) is 5.02 Å². The Morgan fingerprint density at radius 2 is 2.16 bits per heavy atom. The summed E-state index contributed by atoms with van der Waals surface area (Å²) in [6.45, 7) is 0.395. The summed E-state index contributed by atoms with van der Waals surface area (Å²) in [5, 5.41) is 1.32. The fraction of sp³-hybridized carbons (Fsp3) is 0.0769. The maximum atomic E-state index is 10.9. The number of pyridine rings is 1. The summed E-state index contributed by atoms with van der Waals surface area (Å²) in [7, 11) is 0. The first-order chi connectivity index (χ1) is 8.74. The van der Waals surface area contributed by atoms with Crippen molar-refractivity contribution in [2.75, 3.05) is 0 Å². The SMILES string of the molecule is Cl.NCc1cc(Cl)ccc1Sc1ncccc1C=O. The molecule has 100 valence electrons. The number of hydrogen-bond donors (Lipinski definition) is 1. The molecule has 0 radical (unpaired) electrons. The van der Waals surface area contributed by atoms with Crippen molar-refractivity contribution in [3.8, 4) is 0 Å². The highest BCUT2D eigenvalue weighted by Crippen LogP contribution is 2.32. The van der Waals surface area contributed by atoms with Gasteiger partial charge in [-0.3, -0.25) is 4.79 Å². The molecule has 1 aromatic carbocycles. The van der Waals surface area contributed by atoms with Crippen LogP contribution >= 0.6 is 35.8 Å². The van der Waals surface area contributed by atoms with Gasteiger partial charge >= 0.3 is 0 Å². The van der Waals surface area contributed by atoms with Crippen molar-refractivity contribution < 1.29 is 4.79 Å². The van der Waals surface area contributed by atoms with Crippen molar-refractivity contribution in [1.29, 1.82) is 0 Å². The fourth-order valence-electron chi connectivity index (χ4n) is 1.49. The largest absolute Gasteiger partial charge is 0.326 e. The summed E-state index contributed by atoms with van der Waals surface area (Å²) >= 11 is 7.34. The molecule has 0 aliphatic rings. The number of carbonyl (C=O) groups excluding carboxylic acids is 1. The molecular formula is C13H12Cl2N2OS. The van der Waals surface area contributed by atoms with Crippen molar-refractivity contribution in [1.82, 2.24) is 4.98 Å². The molecule has 0 aliphatic carbocycles. The average molecular weight is 315 g/mol. The van der Waals surface area contributed by atoms with Crippen LogP contribution in [0.25, 0.3) is 0 Å². The van der Waals surface area contributed by atoms with Crippen LogP contribution in [-0.2, 0) is 6.54 Å². The number of carbonyl (C=O) groups is 1. The fourth-order valence-corrected chi connectivity index (χ4v) is 2.65. The van der Waals surface area contributed by atoms with E-state index in [1.807, 2.05) is 12.1 Å². The van der Waals surface area contributed by atoms with E-state index in [-0.39, 0.29) is 12.4 Å². The Morgan fingerprint density at radius 3 is 2.84 bits per heavy atom. The molecule has 0 bridgehead atoms. The summed E-state index contributed by atoms with van der Waals surface area (Å²) in [6.07, 6.45) is 2.46. The lowest BCUT2D eigenvalue weighted by atomic mass is 10.2. The number of rotatable bonds is 4. The predicted molar refractivity (Wildman–Crippen MR) is 80.3 cm³/mol. The molecule has 1 aromatic heterocycles. The molecule has 3 nitrogen and oxygen atoms in total. The van der Waals surface area contributed by atoms with Crippen LogP contribution in [0.3, 0.4) is 0 Å². The van der Waals surface area contributed by atoms with Gasteiger partial charge in [-0.1, -0.05) is 23.4 Å². The van der Waals surface area contributed by atoms with Gasteiger partial charge in [0, 0.05) is 28.2 Å². The lowest BCUT2D eigenvalue weighted by Crippen LogP contribution is -1.99. The third-order valence-corrected chi connectivity index (χ3v) is 3.76. The van der Waals surface area contributed by atoms with Gasteiger partial charge in [0.05, 0.1) is 0 Å². The van der Waals surface area contributed by atoms with Crippen LogP contribution in [0.5, 0.6) is 0 Å². The van der Waals surface area contributed by atoms with E-state index in [0.717, 1.165) is 16.7 Å². The predicted octanol–water partition coefficient (Wildman–Crippen LogP) is 3.58. The Balaban J connectivity index is 0.00000180. The molecule has 0 saturated carbocycles. The topological polar surface area (TPSA) is 56.0 Å². The lowest BCUT2D eigenvalue weighted by Gasteiger charge is -2.08. The second-order valence-electron chi connectivity index (χ2n) is 3.57. The van der Waals surface area contributed by atoms with Gasteiger partial charge in [-0.25, -0.2) is 4.98 Å². The number of aromatic nitrogens is 1. The van der Waals surface area contributed by atoms with Crippen molar-refractivity contribution in [2.45, 2.75) is 16.5 Å². The van der Waals surface area contributed by atoms with E-state index in [9.17, 15) is 4.79 Å². The molecule has 1 heterocycles. The molecule has 6 heteroatoms. The Bertz CT molecular complexity index is 578. The molecule has 19 heavy (non-hydrogen) atoms. The van der Waals surface area contributed by atoms with Gasteiger partial charge in [0.1, 0.15) is 5.03 Å². The van der Waals surface area contributed by atoms with Crippen LogP contribution in [0.15, 0.2) is 46.5 Å². The quantitative estimate of drug-likeness (QED) is 0.876. The van der Waals surface area contributed by atoms with E-state index >= 15 is 0 Å². The molecule has 2 N–H and O–H groups in total. The second kappa shape index (κ2) is 7.50. The smallest absolute Gasteiger partial charge is 0.152 e. The minimum absolute atomic E-state index is 0. The Hall–Kier alpha value is -1.07. The van der Waals surface area contributed by atoms with Crippen molar-refractivity contribution in [3.63, 3.8) is 0 Å². The molecule has 0 aliphatic heterocycles. The molecule has 0 saturated heterocycles. The highest BCUT2D eigenvalue weighted by Gasteiger charge is 2.08. The van der Waals surface area contributed by atoms with Crippen LogP contribution in [-0.4, -0.2) is 11.3 Å². The van der Waals surface area contributed by atoms with E-state index in [4.69, 9.17) is 17.3 Å². The number of nitrogens with two attached hydrogens (primary N) is 1. The van der Waals surface area contributed by atoms with Crippen LogP contribution in [0.4, 0.5) is 0 Å². The van der Waals surface area contributed by atoms with Crippen LogP contribution in [0, 0.1) is 0 Å². The summed E-state index contributed by atoms with van der Waals surface area (Å²) in [5.74, 6) is 0.